The van der Waals surface area contributed by atoms with Gasteiger partial charge in [-0.25, -0.2) is 0 Å². The lowest BCUT2D eigenvalue weighted by Crippen LogP contribution is -2.20. The van der Waals surface area contributed by atoms with Crippen molar-refractivity contribution in [3.8, 4) is 0 Å². The van der Waals surface area contributed by atoms with Crippen molar-refractivity contribution in [3.05, 3.63) is 52.8 Å². The molecule has 0 spiro atoms. The largest absolute Gasteiger partial charge is 0.406 e. The number of rotatable bonds is 7. The van der Waals surface area contributed by atoms with E-state index in [9.17, 15) is 22.8 Å². The maximum absolute atomic E-state index is 12.7. The minimum absolute atomic E-state index is 0.180. The molecule has 0 bridgehead atoms. The second-order valence-electron chi connectivity index (χ2n) is 6.62. The second kappa shape index (κ2) is 8.93. The molecule has 1 N–H and O–H groups in total. The number of amides is 1. The number of aromatic nitrogens is 1. The van der Waals surface area contributed by atoms with Crippen molar-refractivity contribution in [1.29, 1.82) is 0 Å². The van der Waals surface area contributed by atoms with Gasteiger partial charge in [0.1, 0.15) is 6.54 Å². The number of benzene rings is 1. The average Bonchev–Trinajstić information content (AvgIpc) is 2.88. The first-order chi connectivity index (χ1) is 13.5. The summed E-state index contributed by atoms with van der Waals surface area (Å²) in [6, 6.07) is 8.30. The monoisotopic (exact) mass is 409 g/mol. The highest BCUT2D eigenvalue weighted by atomic mass is 19.4. The molecule has 1 aromatic carbocycles. The molecule has 9 heteroatoms. The lowest BCUT2D eigenvalue weighted by molar-refractivity contribution is -0.141. The molecular weight excluding hydrogens is 387 g/mol. The molecule has 0 aliphatic heterocycles. The molecule has 0 atom stereocenters. The predicted octanol–water partition coefficient (Wildman–Crippen LogP) is 4.25. The SMILES string of the molecule is CC(=O)Nc1ccc(/C(C)=N/OCC(=O)c2cc(C)n(CC(F)(F)F)c2C)cc1. The Morgan fingerprint density at radius 2 is 1.76 bits per heavy atom. The molecule has 0 fully saturated rings. The summed E-state index contributed by atoms with van der Waals surface area (Å²) in [5.41, 5.74) is 2.65. The molecule has 0 saturated heterocycles. The molecule has 1 heterocycles. The van der Waals surface area contributed by atoms with E-state index in [1.165, 1.54) is 26.8 Å². The Morgan fingerprint density at radius 1 is 1.14 bits per heavy atom. The first-order valence-electron chi connectivity index (χ1n) is 8.79. The number of ketones is 1. The van der Waals surface area contributed by atoms with E-state index in [4.69, 9.17) is 4.84 Å². The Balaban J connectivity index is 2.02. The number of Topliss-reactive ketones (excluding diaryl/α,β-unsaturated/α-hetero) is 1. The fraction of sp³-hybridized carbons (Fsp3) is 0.350. The van der Waals surface area contributed by atoms with Gasteiger partial charge in [0.25, 0.3) is 0 Å². The van der Waals surface area contributed by atoms with Gasteiger partial charge in [-0.3, -0.25) is 9.59 Å². The summed E-state index contributed by atoms with van der Waals surface area (Å²) in [6.07, 6.45) is -4.37. The zero-order valence-electron chi connectivity index (χ0n) is 16.6. The van der Waals surface area contributed by atoms with Crippen molar-refractivity contribution < 1.29 is 27.6 Å². The number of nitrogens with one attached hydrogen (secondary N) is 1. The molecule has 0 aliphatic carbocycles. The van der Waals surface area contributed by atoms with Gasteiger partial charge in [-0.15, -0.1) is 0 Å². The predicted molar refractivity (Wildman–Crippen MR) is 103 cm³/mol. The number of halogens is 3. The first-order valence-corrected chi connectivity index (χ1v) is 8.79. The molecule has 1 amide bonds. The highest BCUT2D eigenvalue weighted by molar-refractivity contribution is 6.00. The van der Waals surface area contributed by atoms with Crippen LogP contribution < -0.4 is 5.32 Å². The third kappa shape index (κ3) is 6.20. The molecule has 0 aliphatic rings. The van der Waals surface area contributed by atoms with Crippen LogP contribution in [-0.2, 0) is 16.2 Å². The van der Waals surface area contributed by atoms with Gasteiger partial charge in [-0.1, -0.05) is 17.3 Å². The number of anilines is 1. The van der Waals surface area contributed by atoms with Gasteiger partial charge in [0.05, 0.1) is 5.71 Å². The topological polar surface area (TPSA) is 72.7 Å². The van der Waals surface area contributed by atoms with Crippen LogP contribution in [0.1, 0.15) is 41.2 Å². The van der Waals surface area contributed by atoms with Gasteiger partial charge >= 0.3 is 6.18 Å². The summed E-state index contributed by atoms with van der Waals surface area (Å²) < 4.78 is 39.1. The molecule has 1 aromatic heterocycles. The van der Waals surface area contributed by atoms with E-state index in [2.05, 4.69) is 10.5 Å². The summed E-state index contributed by atoms with van der Waals surface area (Å²) in [7, 11) is 0. The summed E-state index contributed by atoms with van der Waals surface area (Å²) >= 11 is 0. The minimum atomic E-state index is -4.37. The van der Waals surface area contributed by atoms with Crippen LogP contribution in [0.3, 0.4) is 0 Å². The Labute approximate surface area is 166 Å². The molecule has 0 unspecified atom stereocenters. The molecular formula is C20H22F3N3O3. The minimum Gasteiger partial charge on any atom is -0.387 e. The van der Waals surface area contributed by atoms with Crippen LogP contribution >= 0.6 is 0 Å². The molecule has 2 rings (SSSR count). The van der Waals surface area contributed by atoms with E-state index >= 15 is 0 Å². The number of hydrogen-bond acceptors (Lipinski definition) is 4. The van der Waals surface area contributed by atoms with Crippen LogP contribution in [0.5, 0.6) is 0 Å². The van der Waals surface area contributed by atoms with Crippen molar-refractivity contribution in [2.45, 2.75) is 40.4 Å². The van der Waals surface area contributed by atoms with Crippen LogP contribution in [0, 0.1) is 13.8 Å². The summed E-state index contributed by atoms with van der Waals surface area (Å²) in [5.74, 6) is -0.635. The number of alkyl halides is 3. The summed E-state index contributed by atoms with van der Waals surface area (Å²) in [5, 5.41) is 6.54. The van der Waals surface area contributed by atoms with E-state index in [0.29, 0.717) is 17.1 Å². The van der Waals surface area contributed by atoms with Crippen molar-refractivity contribution in [2.75, 3.05) is 11.9 Å². The van der Waals surface area contributed by atoms with E-state index in [-0.39, 0.29) is 17.2 Å². The lowest BCUT2D eigenvalue weighted by atomic mass is 10.1. The van der Waals surface area contributed by atoms with Gasteiger partial charge in [-0.2, -0.15) is 13.2 Å². The van der Waals surface area contributed by atoms with Crippen molar-refractivity contribution in [3.63, 3.8) is 0 Å². The maximum Gasteiger partial charge on any atom is 0.406 e. The van der Waals surface area contributed by atoms with Crippen LogP contribution in [-0.4, -0.2) is 34.8 Å². The van der Waals surface area contributed by atoms with Crippen molar-refractivity contribution >= 4 is 23.1 Å². The molecule has 29 heavy (non-hydrogen) atoms. The van der Waals surface area contributed by atoms with E-state index in [1.54, 1.807) is 31.2 Å². The Kier molecular flexibility index (Phi) is 6.84. The van der Waals surface area contributed by atoms with Crippen LogP contribution in [0.2, 0.25) is 0 Å². The zero-order chi connectivity index (χ0) is 21.8. The maximum atomic E-state index is 12.7. The van der Waals surface area contributed by atoms with E-state index in [0.717, 1.165) is 10.1 Å². The highest BCUT2D eigenvalue weighted by Crippen LogP contribution is 2.23. The fourth-order valence-corrected chi connectivity index (χ4v) is 2.82. The average molecular weight is 409 g/mol. The van der Waals surface area contributed by atoms with Gasteiger partial charge in [-0.05, 0) is 44.5 Å². The van der Waals surface area contributed by atoms with Gasteiger partial charge in [0.15, 0.2) is 6.61 Å². The van der Waals surface area contributed by atoms with Gasteiger partial charge in [0.2, 0.25) is 11.7 Å². The zero-order valence-corrected chi connectivity index (χ0v) is 16.6. The Bertz CT molecular complexity index is 929. The smallest absolute Gasteiger partial charge is 0.387 e. The summed E-state index contributed by atoms with van der Waals surface area (Å²) in [4.78, 5) is 28.5. The Morgan fingerprint density at radius 3 is 2.31 bits per heavy atom. The van der Waals surface area contributed by atoms with Crippen molar-refractivity contribution in [2.24, 2.45) is 5.16 Å². The first kappa shape index (κ1) is 22.2. The number of nitrogens with zero attached hydrogens (tertiary/aromatic N) is 2. The van der Waals surface area contributed by atoms with Crippen LogP contribution in [0.15, 0.2) is 35.5 Å². The van der Waals surface area contributed by atoms with E-state index in [1.807, 2.05) is 0 Å². The quantitative estimate of drug-likeness (QED) is 0.422. The van der Waals surface area contributed by atoms with Gasteiger partial charge < -0.3 is 14.7 Å². The van der Waals surface area contributed by atoms with Crippen molar-refractivity contribution in [1.82, 2.24) is 4.57 Å². The third-order valence-electron chi connectivity index (χ3n) is 4.23. The molecule has 156 valence electrons. The molecule has 0 radical (unpaired) electrons. The van der Waals surface area contributed by atoms with Crippen LogP contribution in [0.25, 0.3) is 0 Å². The number of carbonyl (C=O) groups is 2. The van der Waals surface area contributed by atoms with E-state index < -0.39 is 25.1 Å². The fourth-order valence-electron chi connectivity index (χ4n) is 2.82. The third-order valence-corrected chi connectivity index (χ3v) is 4.23. The number of aryl methyl sites for hydroxylation is 1. The molecule has 0 saturated carbocycles. The lowest BCUT2D eigenvalue weighted by Gasteiger charge is -2.12. The number of hydrogen-bond donors (Lipinski definition) is 1. The standard InChI is InChI=1S/C20H22F3N3O3/c1-12-9-18(14(3)26(12)11-20(21,22)23)19(28)10-29-25-13(2)16-5-7-17(8-6-16)24-15(4)27/h5-9H,10-11H2,1-4H3,(H,24,27)/b25-13+. The van der Waals surface area contributed by atoms with Crippen LogP contribution in [0.4, 0.5) is 18.9 Å². The second-order valence-corrected chi connectivity index (χ2v) is 6.62. The molecule has 2 aromatic rings. The highest BCUT2D eigenvalue weighted by Gasteiger charge is 2.30. The normalized spacial score (nSPS) is 12.0. The Hall–Kier alpha value is -3.10. The number of oxime groups is 1. The summed E-state index contributed by atoms with van der Waals surface area (Å²) in [6.45, 7) is 4.54. The molecule has 6 nitrogen and oxygen atoms in total. The van der Waals surface area contributed by atoms with Gasteiger partial charge in [0, 0.05) is 29.6 Å². The number of carbonyl (C=O) groups excluding carboxylic acids is 2.